The molecule has 2 aromatic carbocycles. The van der Waals surface area contributed by atoms with Crippen LogP contribution in [-0.2, 0) is 6.54 Å². The first-order valence-corrected chi connectivity index (χ1v) is 9.03. The molecular weight excluding hydrogens is 326 g/mol. The number of oxazole rings is 1. The highest BCUT2D eigenvalue weighted by Crippen LogP contribution is 2.25. The number of para-hydroxylation sites is 2. The molecule has 6 nitrogen and oxygen atoms in total. The molecule has 0 aliphatic carbocycles. The van der Waals surface area contributed by atoms with Crippen molar-refractivity contribution in [2.24, 2.45) is 0 Å². The molecule has 132 valence electrons. The normalized spacial score (nSPS) is 18.8. The molecule has 1 atom stereocenters. The van der Waals surface area contributed by atoms with Crippen LogP contribution in [0.1, 0.15) is 12.5 Å². The fraction of sp³-hybridized carbons (Fsp3) is 0.300. The van der Waals surface area contributed by atoms with E-state index < -0.39 is 0 Å². The van der Waals surface area contributed by atoms with Crippen LogP contribution in [0.15, 0.2) is 53.1 Å². The minimum atomic E-state index is 0.354. The fourth-order valence-corrected chi connectivity index (χ4v) is 3.78. The van der Waals surface area contributed by atoms with Crippen LogP contribution in [0.25, 0.3) is 22.0 Å². The van der Waals surface area contributed by atoms with E-state index in [4.69, 9.17) is 4.42 Å². The molecule has 1 aliphatic heterocycles. The Bertz CT molecular complexity index is 1020. The second-order valence-corrected chi connectivity index (χ2v) is 7.03. The van der Waals surface area contributed by atoms with Gasteiger partial charge >= 0.3 is 0 Å². The lowest BCUT2D eigenvalue weighted by Crippen LogP contribution is -2.51. The number of aromatic amines is 1. The molecule has 1 aliphatic rings. The molecule has 2 aromatic heterocycles. The standard InChI is InChI=1S/C20H21N5O/c1-14-12-24(13-15-6-7-16-11-21-23-18(16)10-15)8-9-25(14)20-22-17-4-2-3-5-19(17)26-20/h2-7,10-11,14H,8-9,12-13H2,1H3,(H,21,23). The number of anilines is 1. The first-order chi connectivity index (χ1) is 12.8. The third-order valence-corrected chi connectivity index (χ3v) is 5.15. The van der Waals surface area contributed by atoms with E-state index >= 15 is 0 Å². The van der Waals surface area contributed by atoms with Gasteiger partial charge in [0.15, 0.2) is 5.58 Å². The van der Waals surface area contributed by atoms with Crippen molar-refractivity contribution < 1.29 is 4.42 Å². The Kier molecular flexibility index (Phi) is 3.64. The van der Waals surface area contributed by atoms with E-state index in [2.05, 4.69) is 50.1 Å². The summed E-state index contributed by atoms with van der Waals surface area (Å²) in [4.78, 5) is 9.41. The van der Waals surface area contributed by atoms with E-state index in [0.717, 1.165) is 54.2 Å². The summed E-state index contributed by atoms with van der Waals surface area (Å²) >= 11 is 0. The second-order valence-electron chi connectivity index (χ2n) is 7.03. The summed E-state index contributed by atoms with van der Waals surface area (Å²) < 4.78 is 5.96. The first-order valence-electron chi connectivity index (χ1n) is 9.03. The molecule has 3 heterocycles. The lowest BCUT2D eigenvalue weighted by Gasteiger charge is -2.39. The van der Waals surface area contributed by atoms with Crippen LogP contribution < -0.4 is 4.90 Å². The first kappa shape index (κ1) is 15.4. The summed E-state index contributed by atoms with van der Waals surface area (Å²) in [6, 6.07) is 15.5. The van der Waals surface area contributed by atoms with Gasteiger partial charge in [0.25, 0.3) is 6.01 Å². The van der Waals surface area contributed by atoms with Gasteiger partial charge in [0.05, 0.1) is 11.7 Å². The van der Waals surface area contributed by atoms with Gasteiger partial charge in [-0.2, -0.15) is 10.1 Å². The van der Waals surface area contributed by atoms with E-state index in [1.807, 2.05) is 30.5 Å². The third-order valence-electron chi connectivity index (χ3n) is 5.15. The fourth-order valence-electron chi connectivity index (χ4n) is 3.78. The van der Waals surface area contributed by atoms with Crippen molar-refractivity contribution in [2.75, 3.05) is 24.5 Å². The summed E-state index contributed by atoms with van der Waals surface area (Å²) in [6.45, 7) is 6.07. The quantitative estimate of drug-likeness (QED) is 0.615. The molecule has 4 aromatic rings. The maximum Gasteiger partial charge on any atom is 0.298 e. The van der Waals surface area contributed by atoms with Gasteiger partial charge in [-0.25, -0.2) is 0 Å². The molecule has 0 bridgehead atoms. The van der Waals surface area contributed by atoms with E-state index in [1.54, 1.807) is 0 Å². The van der Waals surface area contributed by atoms with Gasteiger partial charge < -0.3 is 9.32 Å². The second kappa shape index (κ2) is 6.14. The highest BCUT2D eigenvalue weighted by molar-refractivity contribution is 5.78. The van der Waals surface area contributed by atoms with Crippen molar-refractivity contribution in [2.45, 2.75) is 19.5 Å². The number of rotatable bonds is 3. The van der Waals surface area contributed by atoms with Gasteiger partial charge in [0, 0.05) is 37.6 Å². The molecule has 6 heteroatoms. The predicted molar refractivity (Wildman–Crippen MR) is 102 cm³/mol. The highest BCUT2D eigenvalue weighted by atomic mass is 16.4. The van der Waals surface area contributed by atoms with Crippen molar-refractivity contribution >= 4 is 28.0 Å². The van der Waals surface area contributed by atoms with Crippen LogP contribution in [0.5, 0.6) is 0 Å². The largest absolute Gasteiger partial charge is 0.423 e. The van der Waals surface area contributed by atoms with E-state index in [-0.39, 0.29) is 0 Å². The molecular formula is C20H21N5O. The minimum absolute atomic E-state index is 0.354. The van der Waals surface area contributed by atoms with Gasteiger partial charge in [-0.05, 0) is 30.7 Å². The van der Waals surface area contributed by atoms with Gasteiger partial charge in [0.2, 0.25) is 0 Å². The molecule has 1 saturated heterocycles. The predicted octanol–water partition coefficient (Wildman–Crippen LogP) is 3.41. The number of aromatic nitrogens is 3. The van der Waals surface area contributed by atoms with Crippen LogP contribution in [0, 0.1) is 0 Å². The Morgan fingerprint density at radius 1 is 1.19 bits per heavy atom. The van der Waals surface area contributed by atoms with Crippen molar-refractivity contribution in [3.8, 4) is 0 Å². The van der Waals surface area contributed by atoms with E-state index in [9.17, 15) is 0 Å². The molecule has 26 heavy (non-hydrogen) atoms. The summed E-state index contributed by atoms with van der Waals surface area (Å²) in [6.07, 6.45) is 1.86. The Hall–Kier alpha value is -2.86. The number of benzene rings is 2. The minimum Gasteiger partial charge on any atom is -0.423 e. The highest BCUT2D eigenvalue weighted by Gasteiger charge is 2.27. The molecule has 1 unspecified atom stereocenters. The van der Waals surface area contributed by atoms with Gasteiger partial charge in [-0.1, -0.05) is 24.3 Å². The van der Waals surface area contributed by atoms with Crippen LogP contribution in [-0.4, -0.2) is 45.8 Å². The average Bonchev–Trinajstić information content (AvgIpc) is 3.27. The Morgan fingerprint density at radius 2 is 2.12 bits per heavy atom. The number of H-pyrrole nitrogens is 1. The zero-order chi connectivity index (χ0) is 17.5. The van der Waals surface area contributed by atoms with E-state index in [1.165, 1.54) is 5.56 Å². The van der Waals surface area contributed by atoms with Crippen LogP contribution in [0.4, 0.5) is 6.01 Å². The third kappa shape index (κ3) is 2.72. The Morgan fingerprint density at radius 3 is 3.00 bits per heavy atom. The zero-order valence-electron chi connectivity index (χ0n) is 14.7. The Balaban J connectivity index is 1.30. The van der Waals surface area contributed by atoms with Crippen LogP contribution in [0.3, 0.4) is 0 Å². The summed E-state index contributed by atoms with van der Waals surface area (Å²) in [5.74, 6) is 0. The number of fused-ring (bicyclic) bond motifs is 2. The molecule has 0 amide bonds. The smallest absolute Gasteiger partial charge is 0.298 e. The molecule has 1 fully saturated rings. The van der Waals surface area contributed by atoms with Gasteiger partial charge in [0.1, 0.15) is 5.52 Å². The van der Waals surface area contributed by atoms with Crippen molar-refractivity contribution in [1.29, 1.82) is 0 Å². The SMILES string of the molecule is CC1CN(Cc2ccc3cn[nH]c3c2)CCN1c1nc2ccccc2o1. The summed E-state index contributed by atoms with van der Waals surface area (Å²) in [5.41, 5.74) is 4.18. The van der Waals surface area contributed by atoms with E-state index in [0.29, 0.717) is 6.04 Å². The van der Waals surface area contributed by atoms with Crippen molar-refractivity contribution in [3.05, 3.63) is 54.2 Å². The number of piperazine rings is 1. The van der Waals surface area contributed by atoms with Gasteiger partial charge in [-0.15, -0.1) is 0 Å². The molecule has 0 radical (unpaired) electrons. The van der Waals surface area contributed by atoms with Crippen molar-refractivity contribution in [1.82, 2.24) is 20.1 Å². The zero-order valence-corrected chi connectivity index (χ0v) is 14.7. The van der Waals surface area contributed by atoms with Crippen molar-refractivity contribution in [3.63, 3.8) is 0 Å². The maximum absolute atomic E-state index is 5.96. The monoisotopic (exact) mass is 347 g/mol. The number of nitrogens with one attached hydrogen (secondary N) is 1. The molecule has 0 spiro atoms. The number of hydrogen-bond donors (Lipinski definition) is 1. The van der Waals surface area contributed by atoms with Crippen LogP contribution in [0.2, 0.25) is 0 Å². The number of nitrogens with zero attached hydrogens (tertiary/aromatic N) is 4. The number of hydrogen-bond acceptors (Lipinski definition) is 5. The topological polar surface area (TPSA) is 61.2 Å². The molecule has 1 N–H and O–H groups in total. The van der Waals surface area contributed by atoms with Crippen LogP contribution >= 0.6 is 0 Å². The molecule has 5 rings (SSSR count). The summed E-state index contributed by atoms with van der Waals surface area (Å²) in [7, 11) is 0. The Labute approximate surface area is 151 Å². The average molecular weight is 347 g/mol. The summed E-state index contributed by atoms with van der Waals surface area (Å²) in [5, 5.41) is 8.31. The maximum atomic E-state index is 5.96. The lowest BCUT2D eigenvalue weighted by molar-refractivity contribution is 0.216. The lowest BCUT2D eigenvalue weighted by atomic mass is 10.1. The van der Waals surface area contributed by atoms with Gasteiger partial charge in [-0.3, -0.25) is 10.00 Å². The molecule has 0 saturated carbocycles.